The Kier molecular flexibility index (Phi) is 3.70. The largest absolute Gasteiger partial charge is 0.316 e. The van der Waals surface area contributed by atoms with Crippen LogP contribution in [-0.2, 0) is 10.0 Å². The van der Waals surface area contributed by atoms with Crippen molar-refractivity contribution < 1.29 is 8.42 Å². The zero-order chi connectivity index (χ0) is 9.90. The molecule has 0 spiro atoms. The molecule has 1 saturated heterocycles. The molecule has 1 fully saturated rings. The van der Waals surface area contributed by atoms with E-state index in [1.54, 1.807) is 0 Å². The molecule has 2 N–H and O–H groups in total. The van der Waals surface area contributed by atoms with Gasteiger partial charge in [0.1, 0.15) is 0 Å². The van der Waals surface area contributed by atoms with E-state index in [9.17, 15) is 8.42 Å². The number of sulfonamides is 1. The van der Waals surface area contributed by atoms with E-state index in [1.165, 1.54) is 0 Å². The first-order valence-electron chi connectivity index (χ1n) is 4.70. The number of hydrogen-bond acceptors (Lipinski definition) is 3. The van der Waals surface area contributed by atoms with Crippen molar-refractivity contribution in [3.63, 3.8) is 0 Å². The Morgan fingerprint density at radius 2 is 2.08 bits per heavy atom. The van der Waals surface area contributed by atoms with E-state index < -0.39 is 10.0 Å². The minimum absolute atomic E-state index is 0.00418. The monoisotopic (exact) mass is 206 g/mol. The minimum Gasteiger partial charge on any atom is -0.316 e. The molecule has 13 heavy (non-hydrogen) atoms. The summed E-state index contributed by atoms with van der Waals surface area (Å²) in [6.45, 7) is 5.61. The number of rotatable bonds is 5. The maximum Gasteiger partial charge on any atom is 0.211 e. The molecule has 1 aliphatic rings. The van der Waals surface area contributed by atoms with Crippen molar-refractivity contribution in [2.75, 3.05) is 18.8 Å². The van der Waals surface area contributed by atoms with Crippen LogP contribution in [0, 0.1) is 5.92 Å². The van der Waals surface area contributed by atoms with Gasteiger partial charge < -0.3 is 5.32 Å². The molecular formula is C8H18N2O2S. The van der Waals surface area contributed by atoms with Crippen molar-refractivity contribution in [2.24, 2.45) is 5.92 Å². The molecular weight excluding hydrogens is 188 g/mol. The third-order valence-corrected chi connectivity index (χ3v) is 3.68. The van der Waals surface area contributed by atoms with Crippen LogP contribution < -0.4 is 10.0 Å². The maximum absolute atomic E-state index is 11.4. The summed E-state index contributed by atoms with van der Waals surface area (Å²) in [7, 11) is -3.03. The van der Waals surface area contributed by atoms with Gasteiger partial charge in [0.15, 0.2) is 0 Å². The number of hydrogen-bond donors (Lipinski definition) is 2. The van der Waals surface area contributed by atoms with E-state index in [0.29, 0.717) is 5.92 Å². The van der Waals surface area contributed by atoms with Gasteiger partial charge >= 0.3 is 0 Å². The summed E-state index contributed by atoms with van der Waals surface area (Å²) < 4.78 is 25.3. The summed E-state index contributed by atoms with van der Waals surface area (Å²) in [5.41, 5.74) is 0. The van der Waals surface area contributed by atoms with Crippen molar-refractivity contribution in [1.29, 1.82) is 0 Å². The molecule has 78 valence electrons. The lowest BCUT2D eigenvalue weighted by Gasteiger charge is -2.26. The Bertz CT molecular complexity index is 245. The van der Waals surface area contributed by atoms with E-state index >= 15 is 0 Å². The summed E-state index contributed by atoms with van der Waals surface area (Å²) >= 11 is 0. The van der Waals surface area contributed by atoms with Gasteiger partial charge in [0.05, 0.1) is 5.75 Å². The molecule has 1 aliphatic heterocycles. The average Bonchev–Trinajstić information content (AvgIpc) is 1.79. The Labute approximate surface area is 80.1 Å². The second kappa shape index (κ2) is 4.39. The van der Waals surface area contributed by atoms with Crippen LogP contribution in [-0.4, -0.2) is 33.3 Å². The lowest BCUT2D eigenvalue weighted by atomic mass is 10.0. The fourth-order valence-electron chi connectivity index (χ4n) is 1.29. The smallest absolute Gasteiger partial charge is 0.211 e. The Morgan fingerprint density at radius 3 is 2.46 bits per heavy atom. The lowest BCUT2D eigenvalue weighted by Crippen LogP contribution is -2.43. The van der Waals surface area contributed by atoms with Crippen molar-refractivity contribution in [3.05, 3.63) is 0 Å². The molecule has 0 radical (unpaired) electrons. The van der Waals surface area contributed by atoms with E-state index in [0.717, 1.165) is 19.5 Å². The average molecular weight is 206 g/mol. The Balaban J connectivity index is 2.25. The molecule has 1 heterocycles. The first-order valence-corrected chi connectivity index (χ1v) is 6.35. The summed E-state index contributed by atoms with van der Waals surface area (Å²) in [5, 5.41) is 3.12. The molecule has 0 bridgehead atoms. The van der Waals surface area contributed by atoms with Gasteiger partial charge in [-0.15, -0.1) is 0 Å². The fraction of sp³-hybridized carbons (Fsp3) is 1.00. The molecule has 0 saturated carbocycles. The fourth-order valence-corrected chi connectivity index (χ4v) is 2.77. The molecule has 5 heteroatoms. The predicted molar refractivity (Wildman–Crippen MR) is 53.0 cm³/mol. The molecule has 0 aromatic heterocycles. The topological polar surface area (TPSA) is 58.2 Å². The summed E-state index contributed by atoms with van der Waals surface area (Å²) in [6.07, 6.45) is 0.773. The predicted octanol–water partition coefficient (Wildman–Crippen LogP) is -0.0763. The third-order valence-electron chi connectivity index (χ3n) is 2.08. The first-order chi connectivity index (χ1) is 5.99. The zero-order valence-electron chi connectivity index (χ0n) is 8.21. The normalized spacial score (nSPS) is 19.0. The molecule has 0 atom stereocenters. The SMILES string of the molecule is CC(C)NS(=O)(=O)CCC1CNC1. The maximum atomic E-state index is 11.4. The van der Waals surface area contributed by atoms with Crippen LogP contribution in [0.1, 0.15) is 20.3 Å². The van der Waals surface area contributed by atoms with Crippen LogP contribution in [0.2, 0.25) is 0 Å². The van der Waals surface area contributed by atoms with E-state index in [1.807, 2.05) is 13.8 Å². The second-order valence-corrected chi connectivity index (χ2v) is 5.78. The molecule has 0 amide bonds. The standard InChI is InChI=1S/C8H18N2O2S/c1-7(2)10-13(11,12)4-3-8-5-9-6-8/h7-10H,3-6H2,1-2H3. The van der Waals surface area contributed by atoms with Gasteiger partial charge in [-0.05, 0) is 39.3 Å². The molecule has 0 unspecified atom stereocenters. The summed E-state index contributed by atoms with van der Waals surface area (Å²) in [4.78, 5) is 0. The third kappa shape index (κ3) is 4.06. The van der Waals surface area contributed by atoms with Crippen molar-refractivity contribution in [2.45, 2.75) is 26.3 Å². The van der Waals surface area contributed by atoms with Crippen LogP contribution in [0.4, 0.5) is 0 Å². The molecule has 0 aliphatic carbocycles. The highest BCUT2D eigenvalue weighted by molar-refractivity contribution is 7.89. The quantitative estimate of drug-likeness (QED) is 0.661. The van der Waals surface area contributed by atoms with Crippen LogP contribution in [0.25, 0.3) is 0 Å². The van der Waals surface area contributed by atoms with Crippen LogP contribution in [0.3, 0.4) is 0 Å². The zero-order valence-corrected chi connectivity index (χ0v) is 9.02. The highest BCUT2D eigenvalue weighted by Gasteiger charge is 2.20. The number of nitrogens with one attached hydrogen (secondary N) is 2. The second-order valence-electron chi connectivity index (χ2n) is 3.90. The van der Waals surface area contributed by atoms with Crippen LogP contribution >= 0.6 is 0 Å². The molecule has 0 aromatic carbocycles. The highest BCUT2D eigenvalue weighted by atomic mass is 32.2. The Hall–Kier alpha value is -0.130. The van der Waals surface area contributed by atoms with Crippen molar-refractivity contribution >= 4 is 10.0 Å². The van der Waals surface area contributed by atoms with Gasteiger partial charge in [-0.25, -0.2) is 13.1 Å². The van der Waals surface area contributed by atoms with Crippen molar-refractivity contribution in [3.8, 4) is 0 Å². The van der Waals surface area contributed by atoms with Gasteiger partial charge in [-0.2, -0.15) is 0 Å². The van der Waals surface area contributed by atoms with Crippen LogP contribution in [0.5, 0.6) is 0 Å². The molecule has 4 nitrogen and oxygen atoms in total. The van der Waals surface area contributed by atoms with E-state index in [4.69, 9.17) is 0 Å². The van der Waals surface area contributed by atoms with Crippen LogP contribution in [0.15, 0.2) is 0 Å². The lowest BCUT2D eigenvalue weighted by molar-refractivity contribution is 0.339. The highest BCUT2D eigenvalue weighted by Crippen LogP contribution is 2.09. The Morgan fingerprint density at radius 1 is 1.46 bits per heavy atom. The van der Waals surface area contributed by atoms with Gasteiger partial charge in [0.25, 0.3) is 0 Å². The van der Waals surface area contributed by atoms with E-state index in [2.05, 4.69) is 10.0 Å². The van der Waals surface area contributed by atoms with Crippen molar-refractivity contribution in [1.82, 2.24) is 10.0 Å². The molecule has 1 rings (SSSR count). The van der Waals surface area contributed by atoms with E-state index in [-0.39, 0.29) is 11.8 Å². The summed E-state index contributed by atoms with van der Waals surface area (Å²) in [6, 6.07) is 0.00418. The molecule has 0 aromatic rings. The summed E-state index contributed by atoms with van der Waals surface area (Å²) in [5.74, 6) is 0.820. The van der Waals surface area contributed by atoms with Gasteiger partial charge in [-0.3, -0.25) is 0 Å². The van der Waals surface area contributed by atoms with Gasteiger partial charge in [-0.1, -0.05) is 0 Å². The van der Waals surface area contributed by atoms with Gasteiger partial charge in [0, 0.05) is 6.04 Å². The minimum atomic E-state index is -3.03. The van der Waals surface area contributed by atoms with Gasteiger partial charge in [0.2, 0.25) is 10.0 Å². The first kappa shape index (κ1) is 10.9.